The number of carbonyl (C=O) groups is 1. The minimum Gasteiger partial charge on any atom is -0.309 e. The molecule has 0 aliphatic heterocycles. The van der Waals surface area contributed by atoms with Gasteiger partial charge in [0.2, 0.25) is 5.91 Å². The molecule has 0 fully saturated rings. The topological polar surface area (TPSA) is 70.7 Å². The Morgan fingerprint density at radius 3 is 2.65 bits per heavy atom. The average molecular weight is 372 g/mol. The summed E-state index contributed by atoms with van der Waals surface area (Å²) < 4.78 is 1.36. The van der Waals surface area contributed by atoms with Gasteiger partial charge in [-0.05, 0) is 18.1 Å². The van der Waals surface area contributed by atoms with Crippen molar-refractivity contribution in [2.75, 3.05) is 5.32 Å². The van der Waals surface area contributed by atoms with Gasteiger partial charge in [-0.3, -0.25) is 4.79 Å². The highest BCUT2D eigenvalue weighted by Crippen LogP contribution is 2.36. The Balaban J connectivity index is 2.49. The van der Waals surface area contributed by atoms with E-state index in [1.165, 1.54) is 10.9 Å². The van der Waals surface area contributed by atoms with Crippen molar-refractivity contribution in [1.29, 1.82) is 5.26 Å². The average Bonchev–Trinajstić information content (AvgIpc) is 2.86. The third-order valence-electron chi connectivity index (χ3n) is 2.98. The molecule has 1 N–H and O–H groups in total. The number of anilines is 1. The molecule has 0 radical (unpaired) electrons. The third-order valence-corrected chi connectivity index (χ3v) is 4.27. The molecule has 5 nitrogen and oxygen atoms in total. The molecule has 0 bridgehead atoms. The lowest BCUT2D eigenvalue weighted by Gasteiger charge is -2.13. The molecular weight excluding hydrogens is 359 g/mol. The molecule has 23 heavy (non-hydrogen) atoms. The number of hydrogen-bond donors (Lipinski definition) is 1. The van der Waals surface area contributed by atoms with Gasteiger partial charge in [0.1, 0.15) is 11.6 Å². The molecule has 1 aromatic carbocycles. The molecule has 0 atom stereocenters. The standard InChI is InChI=1S/C15H13Cl3N4O/c1-8(2)5-12(23)21-15-9(6-19)7-20-22(15)11-4-3-10(16)13(17)14(11)18/h3-4,7-8H,5H2,1-2H3,(H,21,23). The van der Waals surface area contributed by atoms with Crippen LogP contribution in [0.3, 0.4) is 0 Å². The highest BCUT2D eigenvalue weighted by atomic mass is 35.5. The number of halogens is 3. The molecule has 1 aromatic heterocycles. The first kappa shape index (κ1) is 17.6. The van der Waals surface area contributed by atoms with Crippen LogP contribution in [0.4, 0.5) is 5.82 Å². The van der Waals surface area contributed by atoms with Crippen LogP contribution in [0, 0.1) is 17.2 Å². The van der Waals surface area contributed by atoms with Gasteiger partial charge in [-0.1, -0.05) is 48.7 Å². The number of nitrogens with one attached hydrogen (secondary N) is 1. The third kappa shape index (κ3) is 3.78. The second kappa shape index (κ2) is 7.22. The van der Waals surface area contributed by atoms with Crippen molar-refractivity contribution in [1.82, 2.24) is 9.78 Å². The van der Waals surface area contributed by atoms with E-state index in [0.29, 0.717) is 17.1 Å². The minimum absolute atomic E-state index is 0.180. The highest BCUT2D eigenvalue weighted by molar-refractivity contribution is 6.48. The smallest absolute Gasteiger partial charge is 0.225 e. The lowest BCUT2D eigenvalue weighted by molar-refractivity contribution is -0.116. The molecule has 0 saturated carbocycles. The van der Waals surface area contributed by atoms with E-state index < -0.39 is 0 Å². The normalized spacial score (nSPS) is 10.7. The Hall–Kier alpha value is -1.74. The molecule has 0 aliphatic carbocycles. The summed E-state index contributed by atoms with van der Waals surface area (Å²) in [5.74, 6) is 0.221. The summed E-state index contributed by atoms with van der Waals surface area (Å²) >= 11 is 18.2. The van der Waals surface area contributed by atoms with Crippen LogP contribution in [0.1, 0.15) is 25.8 Å². The van der Waals surface area contributed by atoms with Crippen LogP contribution in [0.15, 0.2) is 18.3 Å². The van der Waals surface area contributed by atoms with Gasteiger partial charge in [0.05, 0.1) is 27.0 Å². The second-order valence-corrected chi connectivity index (χ2v) is 6.43. The Bertz CT molecular complexity index is 793. The van der Waals surface area contributed by atoms with Gasteiger partial charge < -0.3 is 5.32 Å². The summed E-state index contributed by atoms with van der Waals surface area (Å²) in [5.41, 5.74) is 0.645. The van der Waals surface area contributed by atoms with E-state index in [1.54, 1.807) is 12.1 Å². The van der Waals surface area contributed by atoms with Crippen LogP contribution in [-0.2, 0) is 4.79 Å². The second-order valence-electron chi connectivity index (χ2n) is 5.27. The Morgan fingerprint density at radius 1 is 1.35 bits per heavy atom. The van der Waals surface area contributed by atoms with Crippen molar-refractivity contribution in [2.24, 2.45) is 5.92 Å². The fraction of sp³-hybridized carbons (Fsp3) is 0.267. The van der Waals surface area contributed by atoms with Gasteiger partial charge in [-0.2, -0.15) is 10.4 Å². The van der Waals surface area contributed by atoms with Crippen molar-refractivity contribution in [3.05, 3.63) is 39.0 Å². The van der Waals surface area contributed by atoms with Crippen molar-refractivity contribution in [3.63, 3.8) is 0 Å². The van der Waals surface area contributed by atoms with Crippen LogP contribution < -0.4 is 5.32 Å². The summed E-state index contributed by atoms with van der Waals surface area (Å²) in [4.78, 5) is 12.0. The summed E-state index contributed by atoms with van der Waals surface area (Å²) in [5, 5.41) is 16.7. The van der Waals surface area contributed by atoms with E-state index in [1.807, 2.05) is 19.9 Å². The van der Waals surface area contributed by atoms with Crippen LogP contribution in [0.2, 0.25) is 15.1 Å². The molecule has 120 valence electrons. The van der Waals surface area contributed by atoms with Crippen molar-refractivity contribution < 1.29 is 4.79 Å². The van der Waals surface area contributed by atoms with Crippen LogP contribution in [0.5, 0.6) is 0 Å². The molecule has 0 saturated heterocycles. The summed E-state index contributed by atoms with van der Waals surface area (Å²) in [6.07, 6.45) is 1.68. The maximum atomic E-state index is 12.0. The maximum Gasteiger partial charge on any atom is 0.225 e. The number of amides is 1. The zero-order valence-electron chi connectivity index (χ0n) is 12.4. The van der Waals surface area contributed by atoms with Crippen LogP contribution >= 0.6 is 34.8 Å². The first-order valence-corrected chi connectivity index (χ1v) is 7.90. The Kier molecular flexibility index (Phi) is 5.53. The number of nitrogens with zero attached hydrogens (tertiary/aromatic N) is 3. The van der Waals surface area contributed by atoms with Crippen LogP contribution in [0.25, 0.3) is 5.69 Å². The van der Waals surface area contributed by atoms with E-state index in [2.05, 4.69) is 10.4 Å². The quantitative estimate of drug-likeness (QED) is 0.793. The van der Waals surface area contributed by atoms with E-state index >= 15 is 0 Å². The van der Waals surface area contributed by atoms with Gasteiger partial charge >= 0.3 is 0 Å². The van der Waals surface area contributed by atoms with Gasteiger partial charge in [0.15, 0.2) is 5.82 Å². The zero-order valence-corrected chi connectivity index (χ0v) is 14.7. The summed E-state index contributed by atoms with van der Waals surface area (Å²) in [7, 11) is 0. The van der Waals surface area contributed by atoms with E-state index in [0.717, 1.165) is 0 Å². The molecular formula is C15H13Cl3N4O. The predicted octanol–water partition coefficient (Wildman–Crippen LogP) is 4.69. The largest absolute Gasteiger partial charge is 0.309 e. The molecule has 1 heterocycles. The zero-order chi connectivity index (χ0) is 17.1. The van der Waals surface area contributed by atoms with E-state index in [4.69, 9.17) is 34.8 Å². The SMILES string of the molecule is CC(C)CC(=O)Nc1c(C#N)cnn1-c1ccc(Cl)c(Cl)c1Cl. The number of aromatic nitrogens is 2. The molecule has 2 aromatic rings. The molecule has 8 heteroatoms. The molecule has 1 amide bonds. The first-order valence-electron chi connectivity index (χ1n) is 6.77. The predicted molar refractivity (Wildman–Crippen MR) is 91.4 cm³/mol. The summed E-state index contributed by atoms with van der Waals surface area (Å²) in [6.45, 7) is 3.86. The number of hydrogen-bond acceptors (Lipinski definition) is 3. The van der Waals surface area contributed by atoms with Crippen molar-refractivity contribution >= 4 is 46.5 Å². The monoisotopic (exact) mass is 370 g/mol. The number of carbonyl (C=O) groups excluding carboxylic acids is 1. The van der Waals surface area contributed by atoms with Crippen LogP contribution in [-0.4, -0.2) is 15.7 Å². The van der Waals surface area contributed by atoms with E-state index in [9.17, 15) is 10.1 Å². The van der Waals surface area contributed by atoms with Gasteiger partial charge in [-0.25, -0.2) is 4.68 Å². The van der Waals surface area contributed by atoms with E-state index in [-0.39, 0.29) is 33.3 Å². The maximum absolute atomic E-state index is 12.0. The molecule has 0 aliphatic rings. The fourth-order valence-electron chi connectivity index (χ4n) is 1.97. The number of nitriles is 1. The molecule has 2 rings (SSSR count). The lowest BCUT2D eigenvalue weighted by Crippen LogP contribution is -2.17. The number of rotatable bonds is 4. The van der Waals surface area contributed by atoms with Gasteiger partial charge in [0, 0.05) is 6.42 Å². The minimum atomic E-state index is -0.213. The first-order chi connectivity index (χ1) is 10.8. The molecule has 0 spiro atoms. The lowest BCUT2D eigenvalue weighted by atomic mass is 10.1. The Morgan fingerprint density at radius 2 is 2.04 bits per heavy atom. The van der Waals surface area contributed by atoms with Gasteiger partial charge in [0.25, 0.3) is 0 Å². The highest BCUT2D eigenvalue weighted by Gasteiger charge is 2.19. The summed E-state index contributed by atoms with van der Waals surface area (Å²) in [6, 6.07) is 5.17. The van der Waals surface area contributed by atoms with Crippen molar-refractivity contribution in [2.45, 2.75) is 20.3 Å². The van der Waals surface area contributed by atoms with Gasteiger partial charge in [-0.15, -0.1) is 0 Å². The number of benzene rings is 1. The molecule has 0 unspecified atom stereocenters. The Labute approximate surface area is 148 Å². The van der Waals surface area contributed by atoms with Crippen molar-refractivity contribution in [3.8, 4) is 11.8 Å². The fourth-order valence-corrected chi connectivity index (χ4v) is 2.58.